The van der Waals surface area contributed by atoms with E-state index in [0.717, 1.165) is 15.1 Å². The summed E-state index contributed by atoms with van der Waals surface area (Å²) in [5, 5.41) is 8.76. The molecule has 86 valence electrons. The molecular weight excluding hydrogens is 290 g/mol. The number of halogens is 1. The van der Waals surface area contributed by atoms with Gasteiger partial charge in [0.1, 0.15) is 0 Å². The predicted octanol–water partition coefficient (Wildman–Crippen LogP) is 2.57. The van der Waals surface area contributed by atoms with Crippen molar-refractivity contribution in [3.05, 3.63) is 22.7 Å². The molecule has 0 fully saturated rings. The van der Waals surface area contributed by atoms with Crippen LogP contribution in [0.15, 0.2) is 27.6 Å². The van der Waals surface area contributed by atoms with E-state index in [1.807, 2.05) is 25.1 Å². The molecule has 0 bridgehead atoms. The molecule has 2 rings (SSSR count). The lowest BCUT2D eigenvalue weighted by Gasteiger charge is -2.12. The van der Waals surface area contributed by atoms with Crippen molar-refractivity contribution in [2.24, 2.45) is 0 Å². The van der Waals surface area contributed by atoms with Gasteiger partial charge in [-0.05, 0) is 25.1 Å². The molecule has 0 aliphatic carbocycles. The van der Waals surface area contributed by atoms with Crippen LogP contribution in [0.3, 0.4) is 0 Å². The molecule has 6 heteroatoms. The van der Waals surface area contributed by atoms with Gasteiger partial charge in [0.05, 0.1) is 5.69 Å². The Morgan fingerprint density at radius 3 is 3.19 bits per heavy atom. The molecule has 1 atom stereocenters. The first-order valence-corrected chi connectivity index (χ1v) is 6.63. The summed E-state index contributed by atoms with van der Waals surface area (Å²) in [6.45, 7) is 2.52. The standard InChI is InChI=1S/C10H12BrN3OS/c1-2-12-9(15)14-10-13-7-5-6(11)3-4-8(7)16-10/h3-5,10,13H,2H2,1H3,(H2,12,14,15). The second-order valence-corrected chi connectivity index (χ2v) is 5.35. The lowest BCUT2D eigenvalue weighted by molar-refractivity contribution is 0.241. The number of amides is 2. The molecule has 1 aromatic carbocycles. The minimum absolute atomic E-state index is 0.101. The Kier molecular flexibility index (Phi) is 3.60. The molecule has 16 heavy (non-hydrogen) atoms. The van der Waals surface area contributed by atoms with Crippen molar-refractivity contribution in [3.63, 3.8) is 0 Å². The predicted molar refractivity (Wildman–Crippen MR) is 69.6 cm³/mol. The molecule has 3 N–H and O–H groups in total. The number of thioether (sulfide) groups is 1. The van der Waals surface area contributed by atoms with Gasteiger partial charge >= 0.3 is 6.03 Å². The maximum Gasteiger partial charge on any atom is 0.317 e. The average molecular weight is 302 g/mol. The zero-order chi connectivity index (χ0) is 11.5. The summed E-state index contributed by atoms with van der Waals surface area (Å²) < 4.78 is 1.03. The molecule has 1 aliphatic heterocycles. The van der Waals surface area contributed by atoms with E-state index >= 15 is 0 Å². The quantitative estimate of drug-likeness (QED) is 0.787. The van der Waals surface area contributed by atoms with Gasteiger partial charge in [-0.25, -0.2) is 4.79 Å². The van der Waals surface area contributed by atoms with Crippen LogP contribution in [0.1, 0.15) is 6.92 Å². The minimum atomic E-state index is -0.153. The largest absolute Gasteiger partial charge is 0.356 e. The zero-order valence-electron chi connectivity index (χ0n) is 8.71. The topological polar surface area (TPSA) is 53.2 Å². The number of carbonyl (C=O) groups is 1. The highest BCUT2D eigenvalue weighted by atomic mass is 79.9. The first kappa shape index (κ1) is 11.6. The van der Waals surface area contributed by atoms with Gasteiger partial charge in [-0.2, -0.15) is 0 Å². The van der Waals surface area contributed by atoms with Gasteiger partial charge in [-0.3, -0.25) is 0 Å². The van der Waals surface area contributed by atoms with Crippen LogP contribution in [0.2, 0.25) is 0 Å². The fourth-order valence-corrected chi connectivity index (χ4v) is 2.77. The smallest absolute Gasteiger partial charge is 0.317 e. The van der Waals surface area contributed by atoms with Crippen molar-refractivity contribution in [3.8, 4) is 0 Å². The second-order valence-electron chi connectivity index (χ2n) is 3.29. The summed E-state index contributed by atoms with van der Waals surface area (Å²) >= 11 is 5.01. The third kappa shape index (κ3) is 2.62. The average Bonchev–Trinajstić information content (AvgIpc) is 2.59. The van der Waals surface area contributed by atoms with Gasteiger partial charge in [0.25, 0.3) is 0 Å². The van der Waals surface area contributed by atoms with E-state index in [9.17, 15) is 4.79 Å². The van der Waals surface area contributed by atoms with Crippen LogP contribution < -0.4 is 16.0 Å². The van der Waals surface area contributed by atoms with Crippen LogP contribution in [0.25, 0.3) is 0 Å². The number of benzene rings is 1. The van der Waals surface area contributed by atoms with Crippen LogP contribution in [0.4, 0.5) is 10.5 Å². The molecule has 0 saturated carbocycles. The SMILES string of the molecule is CCNC(=O)NC1Nc2cc(Br)ccc2S1. The van der Waals surface area contributed by atoms with E-state index < -0.39 is 0 Å². The molecule has 0 radical (unpaired) electrons. The lowest BCUT2D eigenvalue weighted by Crippen LogP contribution is -2.42. The zero-order valence-corrected chi connectivity index (χ0v) is 11.1. The van der Waals surface area contributed by atoms with Crippen LogP contribution in [0.5, 0.6) is 0 Å². The second kappa shape index (κ2) is 4.97. The van der Waals surface area contributed by atoms with Crippen molar-refractivity contribution >= 4 is 39.4 Å². The highest BCUT2D eigenvalue weighted by Crippen LogP contribution is 2.38. The maximum atomic E-state index is 11.3. The molecule has 1 aliphatic rings. The van der Waals surface area contributed by atoms with E-state index in [2.05, 4.69) is 31.9 Å². The third-order valence-electron chi connectivity index (χ3n) is 2.07. The van der Waals surface area contributed by atoms with Gasteiger partial charge in [0.15, 0.2) is 5.50 Å². The van der Waals surface area contributed by atoms with Crippen molar-refractivity contribution in [2.75, 3.05) is 11.9 Å². The first-order valence-electron chi connectivity index (χ1n) is 4.96. The number of carbonyl (C=O) groups excluding carboxylic acids is 1. The van der Waals surface area contributed by atoms with Crippen LogP contribution in [0, 0.1) is 0 Å². The number of rotatable bonds is 2. The summed E-state index contributed by atoms with van der Waals surface area (Å²) in [6, 6.07) is 5.86. The van der Waals surface area contributed by atoms with Gasteiger partial charge in [0.2, 0.25) is 0 Å². The third-order valence-corrected chi connectivity index (χ3v) is 3.65. The van der Waals surface area contributed by atoms with Crippen LogP contribution in [-0.2, 0) is 0 Å². The maximum absolute atomic E-state index is 11.3. The summed E-state index contributed by atoms with van der Waals surface area (Å²) in [5.74, 6) is 0. The Bertz CT molecular complexity index is 413. The molecule has 1 heterocycles. The summed E-state index contributed by atoms with van der Waals surface area (Å²) in [4.78, 5) is 12.5. The highest BCUT2D eigenvalue weighted by molar-refractivity contribution is 9.10. The Morgan fingerprint density at radius 1 is 1.62 bits per heavy atom. The Hall–Kier alpha value is -0.880. The van der Waals surface area contributed by atoms with Crippen molar-refractivity contribution < 1.29 is 4.79 Å². The first-order chi connectivity index (χ1) is 7.69. The molecule has 2 amide bonds. The lowest BCUT2D eigenvalue weighted by atomic mass is 10.3. The minimum Gasteiger partial charge on any atom is -0.356 e. The fraction of sp³-hybridized carbons (Fsp3) is 0.300. The van der Waals surface area contributed by atoms with Crippen LogP contribution >= 0.6 is 27.7 Å². The molecule has 0 saturated heterocycles. The highest BCUT2D eigenvalue weighted by Gasteiger charge is 2.22. The van der Waals surface area contributed by atoms with E-state index in [1.165, 1.54) is 0 Å². The van der Waals surface area contributed by atoms with E-state index in [1.54, 1.807) is 11.8 Å². The van der Waals surface area contributed by atoms with Crippen molar-refractivity contribution in [2.45, 2.75) is 17.3 Å². The normalized spacial score (nSPS) is 17.5. The van der Waals surface area contributed by atoms with Crippen molar-refractivity contribution in [1.29, 1.82) is 0 Å². The van der Waals surface area contributed by atoms with E-state index in [-0.39, 0.29) is 11.5 Å². The monoisotopic (exact) mass is 301 g/mol. The van der Waals surface area contributed by atoms with Crippen molar-refractivity contribution in [1.82, 2.24) is 10.6 Å². The van der Waals surface area contributed by atoms with E-state index in [4.69, 9.17) is 0 Å². The Morgan fingerprint density at radius 2 is 2.44 bits per heavy atom. The molecule has 0 aromatic heterocycles. The van der Waals surface area contributed by atoms with E-state index in [0.29, 0.717) is 6.54 Å². The molecule has 4 nitrogen and oxygen atoms in total. The molecule has 1 aromatic rings. The number of anilines is 1. The van der Waals surface area contributed by atoms with Gasteiger partial charge in [0, 0.05) is 15.9 Å². The fourth-order valence-electron chi connectivity index (χ4n) is 1.41. The Balaban J connectivity index is 1.97. The van der Waals surface area contributed by atoms with Gasteiger partial charge in [-0.15, -0.1) is 0 Å². The molecular formula is C10H12BrN3OS. The summed E-state index contributed by atoms with van der Waals surface area (Å²) in [6.07, 6.45) is 0. The van der Waals surface area contributed by atoms with Gasteiger partial charge < -0.3 is 16.0 Å². The number of hydrogen-bond donors (Lipinski definition) is 3. The molecule has 0 spiro atoms. The number of urea groups is 1. The number of fused-ring (bicyclic) bond motifs is 1. The number of nitrogens with one attached hydrogen (secondary N) is 3. The summed E-state index contributed by atoms with van der Waals surface area (Å²) in [5.41, 5.74) is 0.942. The van der Waals surface area contributed by atoms with Gasteiger partial charge in [-0.1, -0.05) is 27.7 Å². The van der Waals surface area contributed by atoms with Crippen LogP contribution in [-0.4, -0.2) is 18.1 Å². The summed E-state index contributed by atoms with van der Waals surface area (Å²) in [7, 11) is 0. The number of hydrogen-bond acceptors (Lipinski definition) is 3. The Labute approximate surface area is 107 Å². The molecule has 1 unspecified atom stereocenters.